The molecule has 0 aliphatic carbocycles. The Kier molecular flexibility index (Phi) is 8.74. The largest absolute Gasteiger partial charge is 0.465 e. The maximum absolute atomic E-state index is 13.9. The number of hydrogen-bond acceptors (Lipinski definition) is 4. The molecule has 0 spiro atoms. The molecule has 0 aliphatic heterocycles. The van der Waals surface area contributed by atoms with E-state index < -0.39 is 22.0 Å². The summed E-state index contributed by atoms with van der Waals surface area (Å²) >= 11 is 0. The van der Waals surface area contributed by atoms with E-state index in [-0.39, 0.29) is 11.4 Å². The van der Waals surface area contributed by atoms with E-state index in [9.17, 15) is 13.2 Å². The maximum atomic E-state index is 13.9. The molecular weight excluding hydrogens is 494 g/mol. The van der Waals surface area contributed by atoms with Crippen molar-refractivity contribution >= 4 is 16.0 Å². The molecule has 4 aromatic carbocycles. The van der Waals surface area contributed by atoms with Gasteiger partial charge in [0, 0.05) is 11.1 Å². The number of rotatable bonds is 6. The molecule has 0 heterocycles. The third-order valence-corrected chi connectivity index (χ3v) is 7.48. The van der Waals surface area contributed by atoms with E-state index in [1.807, 2.05) is 60.7 Å². The van der Waals surface area contributed by atoms with Gasteiger partial charge in [-0.1, -0.05) is 90.4 Å². The van der Waals surface area contributed by atoms with Gasteiger partial charge in [-0.3, -0.25) is 0 Å². The summed E-state index contributed by atoms with van der Waals surface area (Å²) in [4.78, 5) is 11.9. The topological polar surface area (TPSA) is 63.7 Å². The molecule has 4 rings (SSSR count). The van der Waals surface area contributed by atoms with Crippen LogP contribution in [0.25, 0.3) is 0 Å². The summed E-state index contributed by atoms with van der Waals surface area (Å²) in [5, 5.41) is 0. The summed E-state index contributed by atoms with van der Waals surface area (Å²) < 4.78 is 33.8. The molecule has 0 aromatic heterocycles. The third-order valence-electron chi connectivity index (χ3n) is 5.65. The quantitative estimate of drug-likeness (QED) is 0.256. The summed E-state index contributed by atoms with van der Waals surface area (Å²) in [6.07, 6.45) is 0. The first kappa shape index (κ1) is 26.4. The monoisotopic (exact) mass is 519 g/mol. The Morgan fingerprint density at radius 3 is 1.92 bits per heavy atom. The predicted molar refractivity (Wildman–Crippen MR) is 147 cm³/mol. The van der Waals surface area contributed by atoms with Gasteiger partial charge in [-0.05, 0) is 54.1 Å². The fraction of sp³-hybridized carbons (Fsp3) is 0.0938. The summed E-state index contributed by atoms with van der Waals surface area (Å²) in [5.74, 6) is 11.9. The number of carbonyl (C=O) groups excluding carboxylic acids is 1. The third kappa shape index (κ3) is 6.57. The Hall–Kier alpha value is -4.62. The zero-order valence-corrected chi connectivity index (χ0v) is 21.6. The molecule has 1 unspecified atom stereocenters. The molecule has 188 valence electrons. The molecule has 0 bridgehead atoms. The number of methoxy groups -OCH3 is 1. The highest BCUT2D eigenvalue weighted by atomic mass is 32.2. The first-order chi connectivity index (χ1) is 18.5. The number of hydrogen-bond donors (Lipinski definition) is 0. The van der Waals surface area contributed by atoms with E-state index in [4.69, 9.17) is 4.74 Å². The van der Waals surface area contributed by atoms with E-state index in [0.717, 1.165) is 11.1 Å². The van der Waals surface area contributed by atoms with Crippen LogP contribution in [0.2, 0.25) is 0 Å². The molecule has 6 heteroatoms. The second kappa shape index (κ2) is 12.6. The maximum Gasteiger partial charge on any atom is 0.337 e. The first-order valence-corrected chi connectivity index (χ1v) is 13.3. The average molecular weight is 520 g/mol. The van der Waals surface area contributed by atoms with Gasteiger partial charge in [-0.2, -0.15) is 4.31 Å². The number of carbonyl (C=O) groups is 1. The van der Waals surface area contributed by atoms with Crippen LogP contribution in [-0.4, -0.2) is 32.3 Å². The Labute approximate surface area is 223 Å². The highest BCUT2D eigenvalue weighted by Gasteiger charge is 2.31. The zero-order valence-electron chi connectivity index (χ0n) is 20.7. The Balaban J connectivity index is 1.76. The van der Waals surface area contributed by atoms with Gasteiger partial charge in [0.1, 0.15) is 6.04 Å². The van der Waals surface area contributed by atoms with Crippen LogP contribution in [-0.2, 0) is 14.8 Å². The molecule has 5 nitrogen and oxygen atoms in total. The number of esters is 1. The number of sulfonamides is 1. The van der Waals surface area contributed by atoms with Gasteiger partial charge in [0.15, 0.2) is 0 Å². The van der Waals surface area contributed by atoms with Crippen molar-refractivity contribution in [2.24, 2.45) is 0 Å². The lowest BCUT2D eigenvalue weighted by Gasteiger charge is -2.26. The molecule has 1 atom stereocenters. The smallest absolute Gasteiger partial charge is 0.337 e. The minimum absolute atomic E-state index is 0.0982. The van der Waals surface area contributed by atoms with Gasteiger partial charge in [-0.25, -0.2) is 13.2 Å². The van der Waals surface area contributed by atoms with Crippen molar-refractivity contribution in [2.75, 3.05) is 13.7 Å². The molecule has 0 aliphatic rings. The summed E-state index contributed by atoms with van der Waals surface area (Å²) in [5.41, 5.74) is 2.56. The summed E-state index contributed by atoms with van der Waals surface area (Å²) in [6.45, 7) is -0.0982. The van der Waals surface area contributed by atoms with E-state index in [2.05, 4.69) is 23.7 Å². The lowest BCUT2D eigenvalue weighted by Crippen LogP contribution is -2.35. The van der Waals surface area contributed by atoms with Gasteiger partial charge < -0.3 is 4.74 Å². The molecular formula is C32H25NO4S. The summed E-state index contributed by atoms with van der Waals surface area (Å²) in [7, 11) is -2.64. The van der Waals surface area contributed by atoms with Crippen LogP contribution in [0.3, 0.4) is 0 Å². The van der Waals surface area contributed by atoms with E-state index >= 15 is 0 Å². The minimum Gasteiger partial charge on any atom is -0.465 e. The number of nitrogens with zero attached hydrogens (tertiary/aromatic N) is 1. The fourth-order valence-corrected chi connectivity index (χ4v) is 5.16. The van der Waals surface area contributed by atoms with Gasteiger partial charge in [0.25, 0.3) is 0 Å². The first-order valence-electron chi connectivity index (χ1n) is 11.8. The van der Waals surface area contributed by atoms with Crippen molar-refractivity contribution in [3.05, 3.63) is 138 Å². The molecule has 0 amide bonds. The molecule has 0 N–H and O–H groups in total. The molecule has 0 radical (unpaired) electrons. The van der Waals surface area contributed by atoms with Crippen LogP contribution in [0.5, 0.6) is 0 Å². The van der Waals surface area contributed by atoms with Crippen LogP contribution >= 0.6 is 0 Å². The normalized spacial score (nSPS) is 11.4. The van der Waals surface area contributed by atoms with Gasteiger partial charge >= 0.3 is 5.97 Å². The van der Waals surface area contributed by atoms with Crippen molar-refractivity contribution < 1.29 is 17.9 Å². The number of ether oxygens (including phenoxy) is 1. The Morgan fingerprint density at radius 2 is 1.32 bits per heavy atom. The van der Waals surface area contributed by atoms with E-state index in [1.165, 1.54) is 11.4 Å². The lowest BCUT2D eigenvalue weighted by atomic mass is 10.1. The van der Waals surface area contributed by atoms with Gasteiger partial charge in [0.2, 0.25) is 10.0 Å². The van der Waals surface area contributed by atoms with Crippen molar-refractivity contribution in [2.45, 2.75) is 10.9 Å². The van der Waals surface area contributed by atoms with Crippen LogP contribution in [0.15, 0.2) is 120 Å². The summed E-state index contributed by atoms with van der Waals surface area (Å²) in [6, 6.07) is 32.8. The standard InChI is InChI=1S/C32H25NO4S/c1-37-32(34)29-22-19-27(20-23-29)14-11-25-33(38(35,36)30-17-9-4-10-18-30)31(28-15-7-3-8-16-28)24-21-26-12-5-2-6-13-26/h2-10,12-13,15-20,22-23,31H,25H2,1H3. The second-order valence-electron chi connectivity index (χ2n) is 8.18. The number of benzene rings is 4. The highest BCUT2D eigenvalue weighted by Crippen LogP contribution is 2.27. The van der Waals surface area contributed by atoms with Crippen LogP contribution in [0.1, 0.15) is 33.1 Å². The van der Waals surface area contributed by atoms with Crippen molar-refractivity contribution in [3.63, 3.8) is 0 Å². The minimum atomic E-state index is -3.96. The fourth-order valence-electron chi connectivity index (χ4n) is 3.70. The van der Waals surface area contributed by atoms with E-state index in [1.54, 1.807) is 54.6 Å². The van der Waals surface area contributed by atoms with Crippen molar-refractivity contribution in [3.8, 4) is 23.7 Å². The SMILES string of the molecule is COC(=O)c1ccc(C#CCN(C(C#Cc2ccccc2)c2ccccc2)S(=O)(=O)c2ccccc2)cc1. The lowest BCUT2D eigenvalue weighted by molar-refractivity contribution is 0.0600. The predicted octanol–water partition coefficient (Wildman–Crippen LogP) is 5.31. The molecule has 4 aromatic rings. The van der Waals surface area contributed by atoms with Gasteiger partial charge in [-0.15, -0.1) is 0 Å². The van der Waals surface area contributed by atoms with Crippen molar-refractivity contribution in [1.29, 1.82) is 0 Å². The molecule has 0 saturated carbocycles. The molecule has 0 fully saturated rings. The Morgan fingerprint density at radius 1 is 0.763 bits per heavy atom. The Bertz CT molecular complexity index is 1600. The van der Waals surface area contributed by atoms with Crippen LogP contribution in [0.4, 0.5) is 0 Å². The van der Waals surface area contributed by atoms with Gasteiger partial charge in [0.05, 0.1) is 24.1 Å². The van der Waals surface area contributed by atoms with Crippen LogP contribution in [0, 0.1) is 23.7 Å². The van der Waals surface area contributed by atoms with Crippen LogP contribution < -0.4 is 0 Å². The second-order valence-corrected chi connectivity index (χ2v) is 10.1. The van der Waals surface area contributed by atoms with Crippen molar-refractivity contribution in [1.82, 2.24) is 4.31 Å². The highest BCUT2D eigenvalue weighted by molar-refractivity contribution is 7.89. The zero-order chi connectivity index (χ0) is 26.8. The molecule has 38 heavy (non-hydrogen) atoms. The molecule has 0 saturated heterocycles. The van der Waals surface area contributed by atoms with E-state index in [0.29, 0.717) is 11.1 Å². The average Bonchev–Trinajstić information content (AvgIpc) is 2.97.